The number of benzene rings is 2. The van der Waals surface area contributed by atoms with Gasteiger partial charge in [-0.1, -0.05) is 30.3 Å². The average Bonchev–Trinajstić information content (AvgIpc) is 2.60. The van der Waals surface area contributed by atoms with Crippen molar-refractivity contribution in [2.75, 3.05) is 19.0 Å². The molecule has 2 rings (SSSR count). The predicted molar refractivity (Wildman–Crippen MR) is 95.1 cm³/mol. The Labute approximate surface area is 142 Å². The molecule has 3 N–H and O–H groups in total. The van der Waals surface area contributed by atoms with Crippen molar-refractivity contribution in [1.82, 2.24) is 5.32 Å². The van der Waals surface area contributed by atoms with Crippen LogP contribution in [0.3, 0.4) is 0 Å². The van der Waals surface area contributed by atoms with Crippen LogP contribution in [0.15, 0.2) is 54.6 Å². The largest absolute Gasteiger partial charge is 0.497 e. The first-order valence-corrected chi connectivity index (χ1v) is 7.98. The van der Waals surface area contributed by atoms with E-state index in [9.17, 15) is 9.90 Å². The molecule has 0 aliphatic heterocycles. The minimum Gasteiger partial charge on any atom is -0.497 e. The molecule has 0 aromatic heterocycles. The van der Waals surface area contributed by atoms with Gasteiger partial charge in [0.25, 0.3) is 0 Å². The van der Waals surface area contributed by atoms with Gasteiger partial charge in [-0.3, -0.25) is 4.79 Å². The van der Waals surface area contributed by atoms with Gasteiger partial charge in [0.1, 0.15) is 5.75 Å². The smallest absolute Gasteiger partial charge is 0.225 e. The van der Waals surface area contributed by atoms with Crippen LogP contribution in [-0.2, 0) is 4.79 Å². The maximum atomic E-state index is 12.1. The van der Waals surface area contributed by atoms with E-state index < -0.39 is 0 Å². The number of carbonyl (C=O) groups is 1. The number of hydrogen-bond acceptors (Lipinski definition) is 4. The highest BCUT2D eigenvalue weighted by Gasteiger charge is 2.16. The lowest BCUT2D eigenvalue weighted by molar-refractivity contribution is -0.116. The van der Waals surface area contributed by atoms with E-state index in [0.29, 0.717) is 6.42 Å². The van der Waals surface area contributed by atoms with Gasteiger partial charge >= 0.3 is 0 Å². The van der Waals surface area contributed by atoms with Crippen LogP contribution >= 0.6 is 0 Å². The third-order valence-electron chi connectivity index (χ3n) is 3.71. The van der Waals surface area contributed by atoms with Crippen molar-refractivity contribution in [2.24, 2.45) is 0 Å². The SMILES string of the molecule is COc1cccc(C(CO)NC(C)CC(=O)Nc2ccccc2)c1. The Bertz CT molecular complexity index is 646. The first kappa shape index (κ1) is 18.0. The Kier molecular flexibility index (Phi) is 6.78. The molecule has 0 fully saturated rings. The average molecular weight is 328 g/mol. The summed E-state index contributed by atoms with van der Waals surface area (Å²) in [6, 6.07) is 16.6. The Hall–Kier alpha value is -2.37. The van der Waals surface area contributed by atoms with Crippen LogP contribution in [0.25, 0.3) is 0 Å². The second kappa shape index (κ2) is 9.05. The lowest BCUT2D eigenvalue weighted by atomic mass is 10.1. The van der Waals surface area contributed by atoms with Crippen molar-refractivity contribution in [2.45, 2.75) is 25.4 Å². The molecule has 0 saturated carbocycles. The summed E-state index contributed by atoms with van der Waals surface area (Å²) in [5, 5.41) is 15.8. The molecule has 0 spiro atoms. The van der Waals surface area contributed by atoms with Gasteiger partial charge in [-0.05, 0) is 36.8 Å². The summed E-state index contributed by atoms with van der Waals surface area (Å²) < 4.78 is 5.21. The Morgan fingerprint density at radius 2 is 1.92 bits per heavy atom. The van der Waals surface area contributed by atoms with Crippen LogP contribution in [0, 0.1) is 0 Å². The van der Waals surface area contributed by atoms with E-state index >= 15 is 0 Å². The summed E-state index contributed by atoms with van der Waals surface area (Å²) in [5.74, 6) is 0.672. The molecule has 0 heterocycles. The van der Waals surface area contributed by atoms with Crippen LogP contribution < -0.4 is 15.4 Å². The van der Waals surface area contributed by atoms with Gasteiger partial charge in [0.15, 0.2) is 0 Å². The Morgan fingerprint density at radius 1 is 1.17 bits per heavy atom. The first-order valence-electron chi connectivity index (χ1n) is 7.98. The van der Waals surface area contributed by atoms with Crippen molar-refractivity contribution in [3.05, 3.63) is 60.2 Å². The highest BCUT2D eigenvalue weighted by Crippen LogP contribution is 2.19. The number of carbonyl (C=O) groups excluding carboxylic acids is 1. The van der Waals surface area contributed by atoms with Crippen LogP contribution in [0.5, 0.6) is 5.75 Å². The maximum Gasteiger partial charge on any atom is 0.225 e. The number of aliphatic hydroxyl groups excluding tert-OH is 1. The topological polar surface area (TPSA) is 70.6 Å². The zero-order valence-electron chi connectivity index (χ0n) is 14.0. The van der Waals surface area contributed by atoms with Gasteiger partial charge in [0.05, 0.1) is 19.8 Å². The Balaban J connectivity index is 1.91. The van der Waals surface area contributed by atoms with Gasteiger partial charge < -0.3 is 20.5 Å². The van der Waals surface area contributed by atoms with Crippen molar-refractivity contribution in [3.8, 4) is 5.75 Å². The molecule has 2 unspecified atom stereocenters. The van der Waals surface area contributed by atoms with E-state index in [1.54, 1.807) is 7.11 Å². The van der Waals surface area contributed by atoms with Gasteiger partial charge in [-0.15, -0.1) is 0 Å². The quantitative estimate of drug-likeness (QED) is 0.697. The molecule has 0 saturated heterocycles. The van der Waals surface area contributed by atoms with Crippen molar-refractivity contribution in [1.29, 1.82) is 0 Å². The fraction of sp³-hybridized carbons (Fsp3) is 0.316. The van der Waals surface area contributed by atoms with Gasteiger partial charge in [-0.25, -0.2) is 0 Å². The molecule has 2 aromatic rings. The van der Waals surface area contributed by atoms with E-state index in [2.05, 4.69) is 10.6 Å². The summed E-state index contributed by atoms with van der Waals surface area (Å²) in [7, 11) is 1.61. The lowest BCUT2D eigenvalue weighted by Crippen LogP contribution is -2.35. The van der Waals surface area contributed by atoms with E-state index in [0.717, 1.165) is 17.0 Å². The molecule has 128 valence electrons. The van der Waals surface area contributed by atoms with E-state index in [1.807, 2.05) is 61.5 Å². The van der Waals surface area contributed by atoms with Crippen molar-refractivity contribution in [3.63, 3.8) is 0 Å². The highest BCUT2D eigenvalue weighted by molar-refractivity contribution is 5.91. The number of rotatable bonds is 8. The second-order valence-electron chi connectivity index (χ2n) is 5.70. The fourth-order valence-corrected chi connectivity index (χ4v) is 2.53. The molecular formula is C19H24N2O3. The van der Waals surface area contributed by atoms with Crippen LogP contribution in [0.2, 0.25) is 0 Å². The highest BCUT2D eigenvalue weighted by atomic mass is 16.5. The van der Waals surface area contributed by atoms with Crippen molar-refractivity contribution < 1.29 is 14.6 Å². The van der Waals surface area contributed by atoms with E-state index in [1.165, 1.54) is 0 Å². The molecule has 2 aromatic carbocycles. The minimum absolute atomic E-state index is 0.0577. The van der Waals surface area contributed by atoms with E-state index in [-0.39, 0.29) is 24.6 Å². The molecule has 2 atom stereocenters. The van der Waals surface area contributed by atoms with Gasteiger partial charge in [-0.2, -0.15) is 0 Å². The standard InChI is InChI=1S/C19H24N2O3/c1-14(11-19(23)21-16-8-4-3-5-9-16)20-18(13-22)15-7-6-10-17(12-15)24-2/h3-10,12,14,18,20,22H,11,13H2,1-2H3,(H,21,23). The first-order chi connectivity index (χ1) is 11.6. The van der Waals surface area contributed by atoms with E-state index in [4.69, 9.17) is 4.74 Å². The third kappa shape index (κ3) is 5.37. The number of methoxy groups -OCH3 is 1. The summed E-state index contributed by atoms with van der Waals surface area (Å²) in [6.45, 7) is 1.87. The Morgan fingerprint density at radius 3 is 2.58 bits per heavy atom. The predicted octanol–water partition coefficient (Wildman–Crippen LogP) is 2.74. The maximum absolute atomic E-state index is 12.1. The number of anilines is 1. The molecule has 5 heteroatoms. The summed E-state index contributed by atoms with van der Waals surface area (Å²) in [4.78, 5) is 12.1. The zero-order valence-corrected chi connectivity index (χ0v) is 14.0. The van der Waals surface area contributed by atoms with Crippen molar-refractivity contribution >= 4 is 11.6 Å². The number of ether oxygens (including phenoxy) is 1. The molecule has 0 bridgehead atoms. The van der Waals surface area contributed by atoms with Crippen LogP contribution in [0.4, 0.5) is 5.69 Å². The third-order valence-corrected chi connectivity index (χ3v) is 3.71. The molecule has 5 nitrogen and oxygen atoms in total. The molecule has 0 radical (unpaired) electrons. The molecule has 0 aliphatic carbocycles. The van der Waals surface area contributed by atoms with Gasteiger partial charge in [0, 0.05) is 18.2 Å². The van der Waals surface area contributed by atoms with Gasteiger partial charge in [0.2, 0.25) is 5.91 Å². The summed E-state index contributed by atoms with van der Waals surface area (Å²) in [5.41, 5.74) is 1.70. The second-order valence-corrected chi connectivity index (χ2v) is 5.70. The lowest BCUT2D eigenvalue weighted by Gasteiger charge is -2.22. The summed E-state index contributed by atoms with van der Waals surface area (Å²) in [6.07, 6.45) is 0.315. The van der Waals surface area contributed by atoms with Crippen LogP contribution in [0.1, 0.15) is 24.9 Å². The monoisotopic (exact) mass is 328 g/mol. The fourth-order valence-electron chi connectivity index (χ4n) is 2.53. The number of amides is 1. The molecular weight excluding hydrogens is 304 g/mol. The number of hydrogen-bond donors (Lipinski definition) is 3. The number of aliphatic hydroxyl groups is 1. The minimum atomic E-state index is -0.250. The van der Waals surface area contributed by atoms with Crippen LogP contribution in [-0.4, -0.2) is 30.8 Å². The number of nitrogens with one attached hydrogen (secondary N) is 2. The molecule has 0 aliphatic rings. The number of para-hydroxylation sites is 1. The summed E-state index contributed by atoms with van der Waals surface area (Å²) >= 11 is 0. The normalized spacial score (nSPS) is 13.1. The molecule has 1 amide bonds. The zero-order chi connectivity index (χ0) is 17.4. The molecule has 24 heavy (non-hydrogen) atoms.